The van der Waals surface area contributed by atoms with Crippen molar-refractivity contribution in [3.63, 3.8) is 0 Å². The Kier molecular flexibility index (Phi) is 5.96. The summed E-state index contributed by atoms with van der Waals surface area (Å²) in [7, 11) is 0. The van der Waals surface area contributed by atoms with E-state index in [1.165, 1.54) is 24.8 Å². The number of likely N-dealkylation sites (tertiary alicyclic amines) is 1. The van der Waals surface area contributed by atoms with Gasteiger partial charge in [-0.3, -0.25) is 4.90 Å². The summed E-state index contributed by atoms with van der Waals surface area (Å²) in [5, 5.41) is 4.92. The lowest BCUT2D eigenvalue weighted by Gasteiger charge is -2.37. The predicted octanol–water partition coefficient (Wildman–Crippen LogP) is 4.74. The van der Waals surface area contributed by atoms with E-state index in [9.17, 15) is 0 Å². The molecule has 0 saturated carbocycles. The van der Waals surface area contributed by atoms with Gasteiger partial charge in [0.05, 0.1) is 10.0 Å². The summed E-state index contributed by atoms with van der Waals surface area (Å²) in [6.45, 7) is 9.83. The second-order valence-corrected chi connectivity index (χ2v) is 7.81. The number of hydrogen-bond acceptors (Lipinski definition) is 2. The zero-order chi connectivity index (χ0) is 15.5. The molecule has 1 heterocycles. The number of nitrogens with one attached hydrogen (secondary N) is 1. The first kappa shape index (κ1) is 17.1. The molecule has 1 atom stereocenters. The van der Waals surface area contributed by atoms with Gasteiger partial charge in [-0.1, -0.05) is 35.7 Å². The van der Waals surface area contributed by atoms with Crippen molar-refractivity contribution in [1.82, 2.24) is 10.2 Å². The maximum absolute atomic E-state index is 6.13. The quantitative estimate of drug-likeness (QED) is 0.859. The van der Waals surface area contributed by atoms with E-state index < -0.39 is 0 Å². The van der Waals surface area contributed by atoms with Crippen molar-refractivity contribution in [1.29, 1.82) is 0 Å². The standard InChI is InChI=1S/C17H26Cl2N2/c1-17(2,3)20-11-14-6-4-5-9-21(14)12-13-7-8-15(18)16(19)10-13/h7-8,10,14,20H,4-6,9,11-12H2,1-3H3. The zero-order valence-corrected chi connectivity index (χ0v) is 14.8. The summed E-state index contributed by atoms with van der Waals surface area (Å²) in [4.78, 5) is 2.57. The third-order valence-corrected chi connectivity index (χ3v) is 4.73. The van der Waals surface area contributed by atoms with Crippen LogP contribution in [0.3, 0.4) is 0 Å². The van der Waals surface area contributed by atoms with E-state index in [0.29, 0.717) is 16.1 Å². The van der Waals surface area contributed by atoms with Gasteiger partial charge in [0.15, 0.2) is 0 Å². The Morgan fingerprint density at radius 1 is 1.19 bits per heavy atom. The molecule has 1 fully saturated rings. The topological polar surface area (TPSA) is 15.3 Å². The number of hydrogen-bond donors (Lipinski definition) is 1. The lowest BCUT2D eigenvalue weighted by molar-refractivity contribution is 0.131. The predicted molar refractivity (Wildman–Crippen MR) is 92.3 cm³/mol. The molecular formula is C17H26Cl2N2. The van der Waals surface area contributed by atoms with Crippen LogP contribution < -0.4 is 5.32 Å². The minimum atomic E-state index is 0.173. The fraction of sp³-hybridized carbons (Fsp3) is 0.647. The lowest BCUT2D eigenvalue weighted by Crippen LogP contribution is -2.49. The van der Waals surface area contributed by atoms with Crippen LogP contribution in [0, 0.1) is 0 Å². The fourth-order valence-electron chi connectivity index (χ4n) is 2.80. The van der Waals surface area contributed by atoms with Crippen LogP contribution >= 0.6 is 23.2 Å². The molecule has 1 aromatic carbocycles. The van der Waals surface area contributed by atoms with Crippen LogP contribution in [-0.2, 0) is 6.54 Å². The van der Waals surface area contributed by atoms with E-state index in [-0.39, 0.29) is 5.54 Å². The molecule has 0 aromatic heterocycles. The fourth-order valence-corrected chi connectivity index (χ4v) is 3.12. The smallest absolute Gasteiger partial charge is 0.0595 e. The Hall–Kier alpha value is -0.280. The highest BCUT2D eigenvalue weighted by atomic mass is 35.5. The van der Waals surface area contributed by atoms with Crippen molar-refractivity contribution in [3.8, 4) is 0 Å². The molecule has 0 aliphatic carbocycles. The molecule has 2 nitrogen and oxygen atoms in total. The Bertz CT molecular complexity index is 468. The van der Waals surface area contributed by atoms with Crippen LogP contribution in [0.5, 0.6) is 0 Å². The third kappa shape index (κ3) is 5.45. The molecule has 0 amide bonds. The van der Waals surface area contributed by atoms with Crippen LogP contribution in [0.25, 0.3) is 0 Å². The van der Waals surface area contributed by atoms with Crippen molar-refractivity contribution in [3.05, 3.63) is 33.8 Å². The Balaban J connectivity index is 1.99. The van der Waals surface area contributed by atoms with E-state index in [0.717, 1.165) is 19.6 Å². The van der Waals surface area contributed by atoms with Crippen LogP contribution in [0.2, 0.25) is 10.0 Å². The first-order chi connectivity index (χ1) is 9.85. The highest BCUT2D eigenvalue weighted by molar-refractivity contribution is 6.42. The maximum Gasteiger partial charge on any atom is 0.0595 e. The van der Waals surface area contributed by atoms with Crippen molar-refractivity contribution in [2.75, 3.05) is 13.1 Å². The van der Waals surface area contributed by atoms with E-state index in [2.05, 4.69) is 37.1 Å². The summed E-state index contributed by atoms with van der Waals surface area (Å²) in [5.41, 5.74) is 1.42. The van der Waals surface area contributed by atoms with Gasteiger partial charge in [0.25, 0.3) is 0 Å². The summed E-state index contributed by atoms with van der Waals surface area (Å²) >= 11 is 12.1. The zero-order valence-electron chi connectivity index (χ0n) is 13.3. The number of halogens is 2. The number of nitrogens with zero attached hydrogens (tertiary/aromatic N) is 1. The van der Waals surface area contributed by atoms with Crippen LogP contribution in [-0.4, -0.2) is 29.6 Å². The van der Waals surface area contributed by atoms with Crippen molar-refractivity contribution in [2.45, 2.75) is 58.2 Å². The van der Waals surface area contributed by atoms with Crippen molar-refractivity contribution < 1.29 is 0 Å². The maximum atomic E-state index is 6.13. The number of piperidine rings is 1. The number of rotatable bonds is 4. The molecular weight excluding hydrogens is 303 g/mol. The minimum Gasteiger partial charge on any atom is -0.311 e. The average Bonchev–Trinajstić information content (AvgIpc) is 2.41. The third-order valence-electron chi connectivity index (χ3n) is 3.99. The van der Waals surface area contributed by atoms with Gasteiger partial charge in [-0.2, -0.15) is 0 Å². The average molecular weight is 329 g/mol. The summed E-state index contributed by atoms with van der Waals surface area (Å²) in [5.74, 6) is 0. The molecule has 118 valence electrons. The van der Waals surface area contributed by atoms with Gasteiger partial charge in [0.2, 0.25) is 0 Å². The Morgan fingerprint density at radius 3 is 2.62 bits per heavy atom. The van der Waals surface area contributed by atoms with Gasteiger partial charge < -0.3 is 5.32 Å². The second kappa shape index (κ2) is 7.32. The van der Waals surface area contributed by atoms with E-state index in [1.807, 2.05) is 12.1 Å². The molecule has 0 radical (unpaired) electrons. The van der Waals surface area contributed by atoms with E-state index in [4.69, 9.17) is 23.2 Å². The van der Waals surface area contributed by atoms with Crippen LogP contribution in [0.4, 0.5) is 0 Å². The van der Waals surface area contributed by atoms with Gasteiger partial charge >= 0.3 is 0 Å². The van der Waals surface area contributed by atoms with Gasteiger partial charge in [-0.15, -0.1) is 0 Å². The van der Waals surface area contributed by atoms with E-state index in [1.54, 1.807) is 0 Å². The minimum absolute atomic E-state index is 0.173. The number of benzene rings is 1. The van der Waals surface area contributed by atoms with Crippen molar-refractivity contribution in [2.24, 2.45) is 0 Å². The van der Waals surface area contributed by atoms with Gasteiger partial charge in [-0.05, 0) is 57.9 Å². The molecule has 1 aromatic rings. The van der Waals surface area contributed by atoms with Gasteiger partial charge in [-0.25, -0.2) is 0 Å². The molecule has 2 rings (SSSR count). The molecule has 0 bridgehead atoms. The molecule has 0 spiro atoms. The normalized spacial score (nSPS) is 20.7. The second-order valence-electron chi connectivity index (χ2n) is 7.00. The van der Waals surface area contributed by atoms with Gasteiger partial charge in [0.1, 0.15) is 0 Å². The molecule has 1 aliphatic rings. The lowest BCUT2D eigenvalue weighted by atomic mass is 9.99. The van der Waals surface area contributed by atoms with Crippen LogP contribution in [0.1, 0.15) is 45.6 Å². The summed E-state index contributed by atoms with van der Waals surface area (Å²) in [6.07, 6.45) is 3.88. The molecule has 1 unspecified atom stereocenters. The van der Waals surface area contributed by atoms with Crippen molar-refractivity contribution >= 4 is 23.2 Å². The largest absolute Gasteiger partial charge is 0.311 e. The van der Waals surface area contributed by atoms with Crippen LogP contribution in [0.15, 0.2) is 18.2 Å². The highest BCUT2D eigenvalue weighted by Gasteiger charge is 2.23. The van der Waals surface area contributed by atoms with Gasteiger partial charge in [0, 0.05) is 24.7 Å². The first-order valence-electron chi connectivity index (χ1n) is 7.78. The SMILES string of the molecule is CC(C)(C)NCC1CCCCN1Cc1ccc(Cl)c(Cl)c1. The highest BCUT2D eigenvalue weighted by Crippen LogP contribution is 2.25. The molecule has 1 N–H and O–H groups in total. The Morgan fingerprint density at radius 2 is 1.95 bits per heavy atom. The summed E-state index contributed by atoms with van der Waals surface area (Å²) < 4.78 is 0. The first-order valence-corrected chi connectivity index (χ1v) is 8.54. The monoisotopic (exact) mass is 328 g/mol. The Labute approximate surface area is 138 Å². The molecule has 21 heavy (non-hydrogen) atoms. The van der Waals surface area contributed by atoms with E-state index >= 15 is 0 Å². The summed E-state index contributed by atoms with van der Waals surface area (Å²) in [6, 6.07) is 6.57. The molecule has 4 heteroatoms. The molecule has 1 saturated heterocycles. The molecule has 1 aliphatic heterocycles.